The molecule has 136 valence electrons. The average molecular weight is 378 g/mol. The van der Waals surface area contributed by atoms with E-state index in [9.17, 15) is 9.18 Å². The van der Waals surface area contributed by atoms with Crippen molar-refractivity contribution >= 4 is 27.5 Å². The molecule has 4 rings (SSSR count). The Balaban J connectivity index is 1.64. The van der Waals surface area contributed by atoms with Crippen molar-refractivity contribution in [2.45, 2.75) is 19.5 Å². The maximum Gasteiger partial charge on any atom is 0.268 e. The molecule has 0 unspecified atom stereocenters. The predicted octanol–water partition coefficient (Wildman–Crippen LogP) is 5.38. The molecule has 2 heterocycles. The first-order valence-corrected chi connectivity index (χ1v) is 9.67. The molecule has 2 aromatic carbocycles. The van der Waals surface area contributed by atoms with Crippen LogP contribution in [0.5, 0.6) is 0 Å². The summed E-state index contributed by atoms with van der Waals surface area (Å²) in [4.78, 5) is 12.9. The fourth-order valence-electron chi connectivity index (χ4n) is 3.29. The third-order valence-corrected chi connectivity index (χ3v) is 5.58. The number of hydrogen-bond acceptors (Lipinski definition) is 2. The molecule has 2 aromatic heterocycles. The van der Waals surface area contributed by atoms with E-state index in [1.165, 1.54) is 12.1 Å². The molecule has 0 fully saturated rings. The summed E-state index contributed by atoms with van der Waals surface area (Å²) in [5.74, 6) is -0.415. The highest BCUT2D eigenvalue weighted by atomic mass is 32.1. The fourth-order valence-corrected chi connectivity index (χ4v) is 4.10. The molecule has 3 nitrogen and oxygen atoms in total. The number of carbonyl (C=O) groups excluding carboxylic acids is 1. The van der Waals surface area contributed by atoms with E-state index in [1.54, 1.807) is 23.5 Å². The SMILES string of the molecule is C[C@H](c1ccccc1)n1c(C(=O)NCc2ccc(F)cc2)cc2sccc21. The Bertz CT molecular complexity index is 1070. The standard InChI is InChI=1S/C22H19FN2OS/c1-15(17-5-3-2-4-6-17)25-19-11-12-27-21(19)13-20(25)22(26)24-14-16-7-9-18(23)10-8-16/h2-13,15H,14H2,1H3,(H,24,26)/t15-/m1/s1. The summed E-state index contributed by atoms with van der Waals surface area (Å²) in [5, 5.41) is 5.00. The lowest BCUT2D eigenvalue weighted by molar-refractivity contribution is 0.0941. The molecule has 1 N–H and O–H groups in total. The molecule has 0 saturated heterocycles. The van der Waals surface area contributed by atoms with Gasteiger partial charge in [-0.2, -0.15) is 0 Å². The summed E-state index contributed by atoms with van der Waals surface area (Å²) >= 11 is 1.63. The Hall–Kier alpha value is -2.92. The van der Waals surface area contributed by atoms with Crippen LogP contribution in [0.1, 0.15) is 34.6 Å². The largest absolute Gasteiger partial charge is 0.347 e. The number of carbonyl (C=O) groups is 1. The van der Waals surface area contributed by atoms with Gasteiger partial charge in [-0.3, -0.25) is 4.79 Å². The number of rotatable bonds is 5. The third kappa shape index (κ3) is 3.51. The van der Waals surface area contributed by atoms with Crippen molar-refractivity contribution in [1.82, 2.24) is 9.88 Å². The van der Waals surface area contributed by atoms with E-state index in [-0.39, 0.29) is 17.8 Å². The highest BCUT2D eigenvalue weighted by molar-refractivity contribution is 7.17. The van der Waals surface area contributed by atoms with Crippen LogP contribution in [0.4, 0.5) is 4.39 Å². The minimum absolute atomic E-state index is 0.0323. The Morgan fingerprint density at radius 1 is 1.11 bits per heavy atom. The van der Waals surface area contributed by atoms with Crippen molar-refractivity contribution in [3.8, 4) is 0 Å². The number of amides is 1. The van der Waals surface area contributed by atoms with E-state index in [0.29, 0.717) is 12.2 Å². The predicted molar refractivity (Wildman–Crippen MR) is 108 cm³/mol. The van der Waals surface area contributed by atoms with Gasteiger partial charge in [0.15, 0.2) is 0 Å². The van der Waals surface area contributed by atoms with Gasteiger partial charge in [0.05, 0.1) is 16.3 Å². The minimum Gasteiger partial charge on any atom is -0.347 e. The summed E-state index contributed by atoms with van der Waals surface area (Å²) in [5.41, 5.74) is 3.70. The van der Waals surface area contributed by atoms with E-state index >= 15 is 0 Å². The number of hydrogen-bond donors (Lipinski definition) is 1. The van der Waals surface area contributed by atoms with Gasteiger partial charge in [-0.1, -0.05) is 42.5 Å². The molecule has 1 atom stereocenters. The smallest absolute Gasteiger partial charge is 0.268 e. The molecule has 0 aliphatic rings. The highest BCUT2D eigenvalue weighted by Gasteiger charge is 2.21. The third-order valence-electron chi connectivity index (χ3n) is 4.73. The van der Waals surface area contributed by atoms with Gasteiger partial charge in [0, 0.05) is 6.54 Å². The summed E-state index contributed by atoms with van der Waals surface area (Å²) in [6.07, 6.45) is 0. The second-order valence-electron chi connectivity index (χ2n) is 6.47. The van der Waals surface area contributed by atoms with Crippen LogP contribution < -0.4 is 5.32 Å². The topological polar surface area (TPSA) is 34.0 Å². The maximum atomic E-state index is 13.0. The quantitative estimate of drug-likeness (QED) is 0.497. The number of benzene rings is 2. The lowest BCUT2D eigenvalue weighted by Crippen LogP contribution is -2.26. The minimum atomic E-state index is -0.282. The second kappa shape index (κ2) is 7.37. The van der Waals surface area contributed by atoms with Crippen LogP contribution in [0.3, 0.4) is 0 Å². The molecule has 4 aromatic rings. The van der Waals surface area contributed by atoms with Crippen LogP contribution in [0.15, 0.2) is 72.1 Å². The maximum absolute atomic E-state index is 13.0. The van der Waals surface area contributed by atoms with Gasteiger partial charge in [0.1, 0.15) is 11.5 Å². The summed E-state index contributed by atoms with van der Waals surface area (Å²) in [7, 11) is 0. The molecule has 1 amide bonds. The van der Waals surface area contributed by atoms with E-state index in [2.05, 4.69) is 35.0 Å². The first-order chi connectivity index (χ1) is 13.1. The van der Waals surface area contributed by atoms with Crippen molar-refractivity contribution < 1.29 is 9.18 Å². The number of fused-ring (bicyclic) bond motifs is 1. The Labute approximate surface area is 161 Å². The van der Waals surface area contributed by atoms with Crippen molar-refractivity contribution in [2.24, 2.45) is 0 Å². The summed E-state index contributed by atoms with van der Waals surface area (Å²) < 4.78 is 16.2. The Morgan fingerprint density at radius 3 is 2.59 bits per heavy atom. The van der Waals surface area contributed by atoms with Gasteiger partial charge < -0.3 is 9.88 Å². The molecular formula is C22H19FN2OS. The molecule has 0 aliphatic carbocycles. The van der Waals surface area contributed by atoms with Crippen LogP contribution in [0.2, 0.25) is 0 Å². The molecule has 0 aliphatic heterocycles. The fraction of sp³-hybridized carbons (Fsp3) is 0.136. The van der Waals surface area contributed by atoms with Crippen LogP contribution >= 0.6 is 11.3 Å². The number of aromatic nitrogens is 1. The number of halogens is 1. The number of nitrogens with one attached hydrogen (secondary N) is 1. The van der Waals surface area contributed by atoms with Gasteiger partial charge in [-0.25, -0.2) is 4.39 Å². The van der Waals surface area contributed by atoms with E-state index < -0.39 is 0 Å². The van der Waals surface area contributed by atoms with Crippen LogP contribution in [-0.4, -0.2) is 10.5 Å². The van der Waals surface area contributed by atoms with Crippen LogP contribution in [-0.2, 0) is 6.54 Å². The molecule has 0 radical (unpaired) electrons. The molecule has 0 spiro atoms. The van der Waals surface area contributed by atoms with Gasteiger partial charge in [0.2, 0.25) is 0 Å². The molecule has 0 saturated carbocycles. The normalized spacial score (nSPS) is 12.2. The van der Waals surface area contributed by atoms with Gasteiger partial charge in [-0.05, 0) is 47.7 Å². The van der Waals surface area contributed by atoms with E-state index in [4.69, 9.17) is 0 Å². The lowest BCUT2D eigenvalue weighted by Gasteiger charge is -2.19. The Kier molecular flexibility index (Phi) is 4.77. The Morgan fingerprint density at radius 2 is 1.85 bits per heavy atom. The zero-order valence-corrected chi connectivity index (χ0v) is 15.7. The lowest BCUT2D eigenvalue weighted by atomic mass is 10.1. The first kappa shape index (κ1) is 17.5. The number of nitrogens with zero attached hydrogens (tertiary/aromatic N) is 1. The van der Waals surface area contributed by atoms with Crippen molar-refractivity contribution in [2.75, 3.05) is 0 Å². The summed E-state index contributed by atoms with van der Waals surface area (Å²) in [6, 6.07) is 20.3. The zero-order valence-electron chi connectivity index (χ0n) is 14.9. The number of thiophene rings is 1. The molecular weight excluding hydrogens is 359 g/mol. The van der Waals surface area contributed by atoms with Crippen LogP contribution in [0.25, 0.3) is 10.2 Å². The van der Waals surface area contributed by atoms with Crippen molar-refractivity contribution in [3.05, 3.63) is 94.7 Å². The zero-order chi connectivity index (χ0) is 18.8. The average Bonchev–Trinajstić information content (AvgIpc) is 3.28. The molecule has 27 heavy (non-hydrogen) atoms. The monoisotopic (exact) mass is 378 g/mol. The van der Waals surface area contributed by atoms with Crippen LogP contribution in [0, 0.1) is 5.82 Å². The first-order valence-electron chi connectivity index (χ1n) is 8.79. The van der Waals surface area contributed by atoms with E-state index in [1.807, 2.05) is 29.6 Å². The second-order valence-corrected chi connectivity index (χ2v) is 7.41. The van der Waals surface area contributed by atoms with Gasteiger partial charge in [-0.15, -0.1) is 11.3 Å². The van der Waals surface area contributed by atoms with Crippen molar-refractivity contribution in [3.63, 3.8) is 0 Å². The van der Waals surface area contributed by atoms with Crippen molar-refractivity contribution in [1.29, 1.82) is 0 Å². The summed E-state index contributed by atoms with van der Waals surface area (Å²) in [6.45, 7) is 2.46. The molecule has 0 bridgehead atoms. The van der Waals surface area contributed by atoms with Gasteiger partial charge in [0.25, 0.3) is 5.91 Å². The molecule has 5 heteroatoms. The van der Waals surface area contributed by atoms with E-state index in [0.717, 1.165) is 21.3 Å². The highest BCUT2D eigenvalue weighted by Crippen LogP contribution is 2.31. The van der Waals surface area contributed by atoms with Gasteiger partial charge >= 0.3 is 0 Å².